The van der Waals surface area contributed by atoms with Crippen LogP contribution in [-0.2, 0) is 7.05 Å². The van der Waals surface area contributed by atoms with Gasteiger partial charge in [-0.3, -0.25) is 4.68 Å². The average Bonchev–Trinajstić information content (AvgIpc) is 2.82. The van der Waals surface area contributed by atoms with E-state index in [-0.39, 0.29) is 0 Å². The Morgan fingerprint density at radius 2 is 2.11 bits per heavy atom. The van der Waals surface area contributed by atoms with Crippen molar-refractivity contribution in [3.05, 3.63) is 40.6 Å². The summed E-state index contributed by atoms with van der Waals surface area (Å²) in [6, 6.07) is 8.47. The maximum absolute atomic E-state index is 4.71. The molecule has 4 heteroatoms. The average molecular weight is 320 g/mol. The van der Waals surface area contributed by atoms with E-state index in [1.54, 1.807) is 0 Å². The number of halogens is 1. The van der Waals surface area contributed by atoms with Gasteiger partial charge in [-0.1, -0.05) is 28.1 Å². The summed E-state index contributed by atoms with van der Waals surface area (Å²) in [5.74, 6) is 0.580. The zero-order chi connectivity index (χ0) is 13.2. The molecule has 0 spiro atoms. The minimum Gasteiger partial charge on any atom is -0.317 e. The summed E-state index contributed by atoms with van der Waals surface area (Å²) in [6.07, 6.45) is 4.50. The Hall–Kier alpha value is -1.13. The lowest BCUT2D eigenvalue weighted by atomic mass is 9.90. The monoisotopic (exact) mass is 319 g/mol. The molecule has 2 aromatic rings. The molecule has 1 saturated heterocycles. The third kappa shape index (κ3) is 2.74. The minimum atomic E-state index is 0.580. The number of nitrogens with zero attached hydrogens (tertiary/aromatic N) is 2. The minimum absolute atomic E-state index is 0.580. The smallest absolute Gasteiger partial charge is 0.0734 e. The Labute approximate surface area is 122 Å². The number of hydrogen-bond donors (Lipinski definition) is 1. The van der Waals surface area contributed by atoms with Crippen molar-refractivity contribution in [2.24, 2.45) is 7.05 Å². The van der Waals surface area contributed by atoms with Gasteiger partial charge in [0.25, 0.3) is 0 Å². The number of piperidine rings is 1. The number of nitrogens with one attached hydrogen (secondary N) is 1. The van der Waals surface area contributed by atoms with E-state index in [0.29, 0.717) is 5.92 Å². The van der Waals surface area contributed by atoms with Crippen LogP contribution in [0.1, 0.15) is 24.5 Å². The van der Waals surface area contributed by atoms with Gasteiger partial charge >= 0.3 is 0 Å². The first-order valence-electron chi connectivity index (χ1n) is 6.74. The molecule has 0 unspecified atom stereocenters. The zero-order valence-corrected chi connectivity index (χ0v) is 12.7. The second-order valence-electron chi connectivity index (χ2n) is 5.14. The molecular weight excluding hydrogens is 302 g/mol. The van der Waals surface area contributed by atoms with Crippen LogP contribution in [0.15, 0.2) is 34.9 Å². The van der Waals surface area contributed by atoms with Gasteiger partial charge in [0.1, 0.15) is 0 Å². The van der Waals surface area contributed by atoms with Crippen LogP contribution in [0.3, 0.4) is 0 Å². The van der Waals surface area contributed by atoms with Crippen molar-refractivity contribution in [2.45, 2.75) is 18.8 Å². The van der Waals surface area contributed by atoms with Crippen LogP contribution in [0.4, 0.5) is 0 Å². The van der Waals surface area contributed by atoms with E-state index >= 15 is 0 Å². The number of benzene rings is 1. The van der Waals surface area contributed by atoms with Crippen molar-refractivity contribution >= 4 is 15.9 Å². The fraction of sp³-hybridized carbons (Fsp3) is 0.400. The van der Waals surface area contributed by atoms with Crippen LogP contribution < -0.4 is 5.32 Å². The van der Waals surface area contributed by atoms with Crippen molar-refractivity contribution in [1.29, 1.82) is 0 Å². The molecule has 0 amide bonds. The molecule has 1 aliphatic heterocycles. The topological polar surface area (TPSA) is 29.9 Å². The summed E-state index contributed by atoms with van der Waals surface area (Å²) in [6.45, 7) is 2.19. The van der Waals surface area contributed by atoms with E-state index in [1.165, 1.54) is 29.7 Å². The molecule has 3 rings (SSSR count). The van der Waals surface area contributed by atoms with Gasteiger partial charge in [0, 0.05) is 29.2 Å². The lowest BCUT2D eigenvalue weighted by Crippen LogP contribution is -2.27. The van der Waals surface area contributed by atoms with Crippen molar-refractivity contribution in [3.63, 3.8) is 0 Å². The first-order chi connectivity index (χ1) is 9.24. The van der Waals surface area contributed by atoms with Crippen molar-refractivity contribution < 1.29 is 0 Å². The fourth-order valence-electron chi connectivity index (χ4n) is 2.78. The van der Waals surface area contributed by atoms with Gasteiger partial charge < -0.3 is 5.32 Å². The second-order valence-corrected chi connectivity index (χ2v) is 6.05. The molecule has 1 fully saturated rings. The number of aryl methyl sites for hydroxylation is 1. The standard InChI is InChI=1S/C15H18BrN3/c1-19-10-14(12-3-2-4-13(16)9-12)15(18-19)11-5-7-17-8-6-11/h2-4,9-11,17H,5-8H2,1H3. The second kappa shape index (κ2) is 5.47. The summed E-state index contributed by atoms with van der Waals surface area (Å²) < 4.78 is 3.05. The molecule has 100 valence electrons. The maximum atomic E-state index is 4.71. The highest BCUT2D eigenvalue weighted by molar-refractivity contribution is 9.10. The fourth-order valence-corrected chi connectivity index (χ4v) is 3.18. The van der Waals surface area contributed by atoms with Gasteiger partial charge in [-0.15, -0.1) is 0 Å². The van der Waals surface area contributed by atoms with Crippen LogP contribution in [0.5, 0.6) is 0 Å². The van der Waals surface area contributed by atoms with Crippen LogP contribution in [0.25, 0.3) is 11.1 Å². The molecule has 0 atom stereocenters. The third-order valence-corrected chi connectivity index (χ3v) is 4.21. The van der Waals surface area contributed by atoms with E-state index in [0.717, 1.165) is 17.6 Å². The van der Waals surface area contributed by atoms with Gasteiger partial charge in [-0.05, 0) is 43.6 Å². The van der Waals surface area contributed by atoms with Crippen LogP contribution in [-0.4, -0.2) is 22.9 Å². The molecule has 0 bridgehead atoms. The normalized spacial score (nSPS) is 16.7. The van der Waals surface area contributed by atoms with Gasteiger partial charge in [0.15, 0.2) is 0 Å². The number of aromatic nitrogens is 2. The number of hydrogen-bond acceptors (Lipinski definition) is 2. The van der Waals surface area contributed by atoms with E-state index in [2.05, 4.69) is 51.7 Å². The van der Waals surface area contributed by atoms with E-state index in [9.17, 15) is 0 Å². The molecule has 0 aliphatic carbocycles. The lowest BCUT2D eigenvalue weighted by molar-refractivity contribution is 0.450. The molecule has 1 aromatic carbocycles. The zero-order valence-electron chi connectivity index (χ0n) is 11.1. The van der Waals surface area contributed by atoms with Crippen LogP contribution in [0.2, 0.25) is 0 Å². The summed E-state index contributed by atoms with van der Waals surface area (Å²) in [7, 11) is 2.01. The highest BCUT2D eigenvalue weighted by Crippen LogP contribution is 2.33. The predicted octanol–water partition coefficient (Wildman–Crippen LogP) is 3.32. The van der Waals surface area contributed by atoms with E-state index in [4.69, 9.17) is 5.10 Å². The van der Waals surface area contributed by atoms with Crippen molar-refractivity contribution in [1.82, 2.24) is 15.1 Å². The molecule has 3 nitrogen and oxygen atoms in total. The SMILES string of the molecule is Cn1cc(-c2cccc(Br)c2)c(C2CCNCC2)n1. The van der Waals surface area contributed by atoms with Gasteiger partial charge in [0.05, 0.1) is 5.69 Å². The molecule has 1 N–H and O–H groups in total. The van der Waals surface area contributed by atoms with Gasteiger partial charge in [0.2, 0.25) is 0 Å². The van der Waals surface area contributed by atoms with Crippen LogP contribution >= 0.6 is 15.9 Å². The quantitative estimate of drug-likeness (QED) is 0.920. The molecule has 0 radical (unpaired) electrons. The molecule has 0 saturated carbocycles. The summed E-state index contributed by atoms with van der Waals surface area (Å²) in [5.41, 5.74) is 3.77. The Kier molecular flexibility index (Phi) is 3.71. The largest absolute Gasteiger partial charge is 0.317 e. The summed E-state index contributed by atoms with van der Waals surface area (Å²) in [4.78, 5) is 0. The Morgan fingerprint density at radius 3 is 2.84 bits per heavy atom. The maximum Gasteiger partial charge on any atom is 0.0734 e. The predicted molar refractivity (Wildman–Crippen MR) is 81.2 cm³/mol. The van der Waals surface area contributed by atoms with E-state index < -0.39 is 0 Å². The highest BCUT2D eigenvalue weighted by Gasteiger charge is 2.22. The molecule has 19 heavy (non-hydrogen) atoms. The van der Waals surface area contributed by atoms with Gasteiger partial charge in [-0.25, -0.2) is 0 Å². The Morgan fingerprint density at radius 1 is 1.32 bits per heavy atom. The number of rotatable bonds is 2. The molecule has 2 heterocycles. The Bertz CT molecular complexity index is 571. The van der Waals surface area contributed by atoms with E-state index in [1.807, 2.05) is 11.7 Å². The molecule has 1 aromatic heterocycles. The van der Waals surface area contributed by atoms with Crippen LogP contribution in [0, 0.1) is 0 Å². The summed E-state index contributed by atoms with van der Waals surface area (Å²) in [5, 5.41) is 8.13. The summed E-state index contributed by atoms with van der Waals surface area (Å²) >= 11 is 3.55. The van der Waals surface area contributed by atoms with Crippen molar-refractivity contribution in [3.8, 4) is 11.1 Å². The lowest BCUT2D eigenvalue weighted by Gasteiger charge is -2.22. The Balaban J connectivity index is 2.01. The molecule has 1 aliphatic rings. The van der Waals surface area contributed by atoms with Gasteiger partial charge in [-0.2, -0.15) is 5.10 Å². The third-order valence-electron chi connectivity index (χ3n) is 3.72. The molecular formula is C15H18BrN3. The van der Waals surface area contributed by atoms with Crippen molar-refractivity contribution in [2.75, 3.05) is 13.1 Å². The first kappa shape index (κ1) is 12.9. The first-order valence-corrected chi connectivity index (χ1v) is 7.53. The highest BCUT2D eigenvalue weighted by atomic mass is 79.9.